The van der Waals surface area contributed by atoms with Gasteiger partial charge < -0.3 is 19.7 Å². The van der Waals surface area contributed by atoms with E-state index in [1.807, 2.05) is 30.3 Å². The average molecular weight is 342 g/mol. The molecule has 0 spiro atoms. The van der Waals surface area contributed by atoms with Crippen LogP contribution in [0.15, 0.2) is 41.0 Å². The number of aliphatic carboxylic acids is 1. The first-order valence-electron chi connectivity index (χ1n) is 7.93. The van der Waals surface area contributed by atoms with Crippen molar-refractivity contribution in [3.8, 4) is 0 Å². The number of hydrogen-bond donors (Lipinski definition) is 2. The van der Waals surface area contributed by atoms with Crippen molar-refractivity contribution in [1.82, 2.24) is 5.32 Å². The molecule has 1 aromatic heterocycles. The molecule has 1 saturated heterocycles. The molecule has 1 aliphatic rings. The van der Waals surface area contributed by atoms with E-state index >= 15 is 0 Å². The Hall–Kier alpha value is -3.09. The molecule has 3 rings (SSSR count). The lowest BCUT2D eigenvalue weighted by molar-refractivity contribution is -0.136. The van der Waals surface area contributed by atoms with E-state index in [9.17, 15) is 14.4 Å². The summed E-state index contributed by atoms with van der Waals surface area (Å²) in [6.45, 7) is 2.18. The number of amides is 2. The number of anilines is 1. The lowest BCUT2D eigenvalue weighted by Crippen LogP contribution is -2.41. The van der Waals surface area contributed by atoms with Crippen molar-refractivity contribution in [2.45, 2.75) is 25.8 Å². The quantitative estimate of drug-likeness (QED) is 0.862. The van der Waals surface area contributed by atoms with Crippen LogP contribution in [0.3, 0.4) is 0 Å². The molecule has 2 amide bonds. The summed E-state index contributed by atoms with van der Waals surface area (Å²) in [5.74, 6) is -1.67. The molecule has 1 unspecified atom stereocenters. The summed E-state index contributed by atoms with van der Waals surface area (Å²) in [5, 5.41) is 11.6. The van der Waals surface area contributed by atoms with E-state index in [0.29, 0.717) is 18.5 Å². The van der Waals surface area contributed by atoms with E-state index in [-0.39, 0.29) is 23.7 Å². The molecule has 0 saturated carbocycles. The van der Waals surface area contributed by atoms with Gasteiger partial charge in [-0.2, -0.15) is 0 Å². The number of aryl methyl sites for hydroxylation is 1. The third-order valence-electron chi connectivity index (χ3n) is 4.17. The molecule has 0 aliphatic carbocycles. The third-order valence-corrected chi connectivity index (χ3v) is 4.17. The monoisotopic (exact) mass is 342 g/mol. The second-order valence-corrected chi connectivity index (χ2v) is 5.93. The van der Waals surface area contributed by atoms with Crippen molar-refractivity contribution in [2.75, 3.05) is 11.4 Å². The smallest absolute Gasteiger partial charge is 0.311 e. The Morgan fingerprint density at radius 2 is 2.04 bits per heavy atom. The summed E-state index contributed by atoms with van der Waals surface area (Å²) in [4.78, 5) is 37.6. The maximum absolute atomic E-state index is 12.6. The molecule has 1 aliphatic heterocycles. The number of nitrogens with one attached hydrogen (secondary N) is 1. The highest BCUT2D eigenvalue weighted by Crippen LogP contribution is 2.22. The largest absolute Gasteiger partial charge is 0.481 e. The molecule has 0 radical (unpaired) electrons. The van der Waals surface area contributed by atoms with Gasteiger partial charge >= 0.3 is 5.97 Å². The standard InChI is InChI=1S/C18H18N2O5/c1-11-10-25-14(9-15(21)22)16(11)17(23)19-13-7-8-20(18(13)24)12-5-3-2-4-6-12/h2-6,10,13H,7-9H2,1H3,(H,19,23)(H,21,22). The Bertz CT molecular complexity index is 812. The highest BCUT2D eigenvalue weighted by molar-refractivity contribution is 6.04. The van der Waals surface area contributed by atoms with Crippen LogP contribution < -0.4 is 10.2 Å². The van der Waals surface area contributed by atoms with Crippen LogP contribution in [0.5, 0.6) is 0 Å². The van der Waals surface area contributed by atoms with Crippen LogP contribution in [-0.4, -0.2) is 35.5 Å². The van der Waals surface area contributed by atoms with Crippen LogP contribution in [0.4, 0.5) is 5.69 Å². The lowest BCUT2D eigenvalue weighted by atomic mass is 10.1. The van der Waals surface area contributed by atoms with Gasteiger partial charge in [-0.3, -0.25) is 14.4 Å². The van der Waals surface area contributed by atoms with E-state index in [4.69, 9.17) is 9.52 Å². The fraction of sp³-hybridized carbons (Fsp3) is 0.278. The minimum Gasteiger partial charge on any atom is -0.481 e. The van der Waals surface area contributed by atoms with Gasteiger partial charge in [-0.1, -0.05) is 18.2 Å². The molecule has 2 heterocycles. The number of nitrogens with zero attached hydrogens (tertiary/aromatic N) is 1. The fourth-order valence-corrected chi connectivity index (χ4v) is 2.98. The van der Waals surface area contributed by atoms with Gasteiger partial charge in [0.05, 0.1) is 11.8 Å². The van der Waals surface area contributed by atoms with E-state index in [1.165, 1.54) is 6.26 Å². The topological polar surface area (TPSA) is 99.8 Å². The van der Waals surface area contributed by atoms with Gasteiger partial charge in [-0.05, 0) is 25.5 Å². The van der Waals surface area contributed by atoms with Gasteiger partial charge in [-0.25, -0.2) is 0 Å². The van der Waals surface area contributed by atoms with E-state index in [0.717, 1.165) is 5.69 Å². The first-order valence-corrected chi connectivity index (χ1v) is 7.93. The zero-order valence-corrected chi connectivity index (χ0v) is 13.7. The van der Waals surface area contributed by atoms with Gasteiger partial charge in [-0.15, -0.1) is 0 Å². The van der Waals surface area contributed by atoms with Crippen LogP contribution >= 0.6 is 0 Å². The van der Waals surface area contributed by atoms with Gasteiger partial charge in [0.25, 0.3) is 5.91 Å². The second kappa shape index (κ2) is 6.80. The number of carboxylic acid groups (broad SMARTS) is 1. The number of benzene rings is 1. The van der Waals surface area contributed by atoms with Gasteiger partial charge in [0.2, 0.25) is 5.91 Å². The van der Waals surface area contributed by atoms with Crippen molar-refractivity contribution in [3.05, 3.63) is 53.5 Å². The molecule has 130 valence electrons. The molecule has 25 heavy (non-hydrogen) atoms. The second-order valence-electron chi connectivity index (χ2n) is 5.93. The molecule has 7 heteroatoms. The number of rotatable bonds is 5. The SMILES string of the molecule is Cc1coc(CC(=O)O)c1C(=O)NC1CCN(c2ccccc2)C1=O. The first-order chi connectivity index (χ1) is 12.0. The molecule has 2 aromatic rings. The Balaban J connectivity index is 1.73. The zero-order chi connectivity index (χ0) is 18.0. The van der Waals surface area contributed by atoms with Crippen molar-refractivity contribution in [3.63, 3.8) is 0 Å². The molecule has 0 bridgehead atoms. The van der Waals surface area contributed by atoms with Crippen LogP contribution in [-0.2, 0) is 16.0 Å². The van der Waals surface area contributed by atoms with Crippen molar-refractivity contribution in [2.24, 2.45) is 0 Å². The predicted molar refractivity (Wildman–Crippen MR) is 89.5 cm³/mol. The summed E-state index contributed by atoms with van der Waals surface area (Å²) in [6, 6.07) is 8.61. The predicted octanol–water partition coefficient (Wildman–Crippen LogP) is 1.75. The fourth-order valence-electron chi connectivity index (χ4n) is 2.98. The lowest BCUT2D eigenvalue weighted by Gasteiger charge is -2.17. The maximum Gasteiger partial charge on any atom is 0.311 e. The Labute approximate surface area is 144 Å². The van der Waals surface area contributed by atoms with Crippen LogP contribution in [0.25, 0.3) is 0 Å². The highest BCUT2D eigenvalue weighted by atomic mass is 16.4. The molecular formula is C18H18N2O5. The Kier molecular flexibility index (Phi) is 4.56. The van der Waals surface area contributed by atoms with Crippen LogP contribution in [0.2, 0.25) is 0 Å². The van der Waals surface area contributed by atoms with E-state index in [2.05, 4.69) is 5.32 Å². The zero-order valence-electron chi connectivity index (χ0n) is 13.7. The van der Waals surface area contributed by atoms with Gasteiger partial charge in [0.1, 0.15) is 18.2 Å². The van der Waals surface area contributed by atoms with Crippen molar-refractivity contribution >= 4 is 23.5 Å². The van der Waals surface area contributed by atoms with Gasteiger partial charge in [0.15, 0.2) is 0 Å². The third kappa shape index (κ3) is 3.40. The summed E-state index contributed by atoms with van der Waals surface area (Å²) >= 11 is 0. The maximum atomic E-state index is 12.6. The summed E-state index contributed by atoms with van der Waals surface area (Å²) in [5.41, 5.74) is 1.52. The molecule has 1 fully saturated rings. The summed E-state index contributed by atoms with van der Waals surface area (Å²) < 4.78 is 5.17. The van der Waals surface area contributed by atoms with Crippen LogP contribution in [0, 0.1) is 6.92 Å². The number of carbonyl (C=O) groups excluding carboxylic acids is 2. The average Bonchev–Trinajstić information content (AvgIpc) is 3.11. The van der Waals surface area contributed by atoms with Gasteiger partial charge in [0, 0.05) is 17.8 Å². The Morgan fingerprint density at radius 1 is 1.32 bits per heavy atom. The molecular weight excluding hydrogens is 324 g/mol. The minimum absolute atomic E-state index is 0.0906. The summed E-state index contributed by atoms with van der Waals surface area (Å²) in [6.07, 6.45) is 1.45. The number of furan rings is 1. The number of para-hydroxylation sites is 1. The van der Waals surface area contributed by atoms with Crippen molar-refractivity contribution in [1.29, 1.82) is 0 Å². The molecule has 1 atom stereocenters. The number of hydrogen-bond acceptors (Lipinski definition) is 4. The van der Waals surface area contributed by atoms with E-state index in [1.54, 1.807) is 11.8 Å². The normalized spacial score (nSPS) is 16.9. The Morgan fingerprint density at radius 3 is 2.72 bits per heavy atom. The molecule has 2 N–H and O–H groups in total. The number of carbonyl (C=O) groups is 3. The minimum atomic E-state index is -1.09. The number of carboxylic acids is 1. The molecule has 7 nitrogen and oxygen atoms in total. The summed E-state index contributed by atoms with van der Waals surface area (Å²) in [7, 11) is 0. The van der Waals surface area contributed by atoms with E-state index < -0.39 is 17.9 Å². The highest BCUT2D eigenvalue weighted by Gasteiger charge is 2.34. The molecule has 1 aromatic carbocycles. The van der Waals surface area contributed by atoms with Crippen molar-refractivity contribution < 1.29 is 23.9 Å². The first kappa shape index (κ1) is 16.8. The van der Waals surface area contributed by atoms with Crippen LogP contribution in [0.1, 0.15) is 28.1 Å².